The second-order valence-electron chi connectivity index (χ2n) is 9.99. The molecule has 0 radical (unpaired) electrons. The molecule has 39 heavy (non-hydrogen) atoms. The van der Waals surface area contributed by atoms with E-state index in [4.69, 9.17) is 9.98 Å². The van der Waals surface area contributed by atoms with Crippen molar-refractivity contribution in [2.45, 2.75) is 12.1 Å². The zero-order valence-corrected chi connectivity index (χ0v) is 23.7. The van der Waals surface area contributed by atoms with Gasteiger partial charge in [0.2, 0.25) is 0 Å². The molecule has 2 aliphatic rings. The highest BCUT2D eigenvalue weighted by molar-refractivity contribution is 9.10. The van der Waals surface area contributed by atoms with Gasteiger partial charge in [-0.15, -0.1) is 0 Å². The third-order valence-electron chi connectivity index (χ3n) is 7.74. The fraction of sp³-hybridized carbons (Fsp3) is 0.0625. The van der Waals surface area contributed by atoms with E-state index in [1.807, 2.05) is 24.7 Å². The first kappa shape index (κ1) is 23.0. The maximum absolute atomic E-state index is 5.28. The number of aromatic amines is 2. The molecular formula is C32H21Br2N5. The summed E-state index contributed by atoms with van der Waals surface area (Å²) in [4.78, 5) is 16.9. The normalized spacial score (nSPS) is 17.7. The SMILES string of the molecule is Brc1ccc2[nH]cc(C=Nc3ccc4c(c3)C3N=C(c5c[nH]c6ccc(Br)cc56)NC3c3ccccc3-4)c2c1. The Morgan fingerprint density at radius 2 is 1.46 bits per heavy atom. The van der Waals surface area contributed by atoms with E-state index < -0.39 is 0 Å². The lowest BCUT2D eigenvalue weighted by atomic mass is 9.80. The number of halogens is 2. The third kappa shape index (κ3) is 3.72. The average Bonchev–Trinajstić information content (AvgIpc) is 3.68. The van der Waals surface area contributed by atoms with E-state index in [1.165, 1.54) is 22.3 Å². The smallest absolute Gasteiger partial charge is 0.131 e. The van der Waals surface area contributed by atoms with Crippen molar-refractivity contribution in [1.29, 1.82) is 0 Å². The largest absolute Gasteiger partial charge is 0.361 e. The van der Waals surface area contributed by atoms with Crippen molar-refractivity contribution in [3.63, 3.8) is 0 Å². The van der Waals surface area contributed by atoms with E-state index in [1.54, 1.807) is 0 Å². The molecule has 0 saturated heterocycles. The lowest BCUT2D eigenvalue weighted by Gasteiger charge is -2.29. The van der Waals surface area contributed by atoms with Crippen LogP contribution in [0.3, 0.4) is 0 Å². The predicted octanol–water partition coefficient (Wildman–Crippen LogP) is 8.74. The Balaban J connectivity index is 1.23. The van der Waals surface area contributed by atoms with Crippen LogP contribution >= 0.6 is 31.9 Å². The topological polar surface area (TPSA) is 68.3 Å². The number of rotatable bonds is 3. The molecule has 3 N–H and O–H groups in total. The second kappa shape index (κ2) is 8.79. The van der Waals surface area contributed by atoms with Crippen molar-refractivity contribution >= 4 is 71.4 Å². The van der Waals surface area contributed by atoms with E-state index in [-0.39, 0.29) is 12.1 Å². The van der Waals surface area contributed by atoms with E-state index in [0.29, 0.717) is 0 Å². The highest BCUT2D eigenvalue weighted by Gasteiger charge is 2.39. The van der Waals surface area contributed by atoms with E-state index >= 15 is 0 Å². The highest BCUT2D eigenvalue weighted by Crippen LogP contribution is 2.49. The molecule has 0 fully saturated rings. The molecule has 0 spiro atoms. The van der Waals surface area contributed by atoms with Crippen LogP contribution in [0.5, 0.6) is 0 Å². The number of benzene rings is 4. The minimum Gasteiger partial charge on any atom is -0.361 e. The molecular weight excluding hydrogens is 614 g/mol. The van der Waals surface area contributed by atoms with Gasteiger partial charge < -0.3 is 15.3 Å². The minimum atomic E-state index is -0.0406. The van der Waals surface area contributed by atoms with Crippen LogP contribution in [0.4, 0.5) is 5.69 Å². The maximum atomic E-state index is 5.28. The molecule has 188 valence electrons. The van der Waals surface area contributed by atoms with Crippen LogP contribution in [0.1, 0.15) is 34.3 Å². The van der Waals surface area contributed by atoms with Crippen LogP contribution in [0, 0.1) is 0 Å². The fourth-order valence-electron chi connectivity index (χ4n) is 5.91. The summed E-state index contributed by atoms with van der Waals surface area (Å²) < 4.78 is 2.10. The maximum Gasteiger partial charge on any atom is 0.131 e. The Morgan fingerprint density at radius 3 is 2.33 bits per heavy atom. The second-order valence-corrected chi connectivity index (χ2v) is 11.8. The van der Waals surface area contributed by atoms with Crippen LogP contribution in [-0.2, 0) is 0 Å². The van der Waals surface area contributed by atoms with Crippen LogP contribution in [0.25, 0.3) is 32.9 Å². The molecule has 4 aromatic carbocycles. The average molecular weight is 635 g/mol. The van der Waals surface area contributed by atoms with Gasteiger partial charge in [0, 0.05) is 60.5 Å². The van der Waals surface area contributed by atoms with Gasteiger partial charge in [-0.25, -0.2) is 0 Å². The van der Waals surface area contributed by atoms with Gasteiger partial charge in [0.15, 0.2) is 0 Å². The van der Waals surface area contributed by atoms with Crippen molar-refractivity contribution in [2.75, 3.05) is 0 Å². The van der Waals surface area contributed by atoms with Gasteiger partial charge in [-0.05, 0) is 70.8 Å². The van der Waals surface area contributed by atoms with Gasteiger partial charge >= 0.3 is 0 Å². The van der Waals surface area contributed by atoms with Crippen molar-refractivity contribution in [2.24, 2.45) is 9.98 Å². The summed E-state index contributed by atoms with van der Waals surface area (Å²) in [5, 5.41) is 6.05. The van der Waals surface area contributed by atoms with Gasteiger partial charge in [-0.3, -0.25) is 9.98 Å². The monoisotopic (exact) mass is 633 g/mol. The zero-order chi connectivity index (χ0) is 26.1. The molecule has 1 aliphatic carbocycles. The summed E-state index contributed by atoms with van der Waals surface area (Å²) in [5.41, 5.74) is 10.2. The first-order valence-corrected chi connectivity index (χ1v) is 14.4. The summed E-state index contributed by atoms with van der Waals surface area (Å²) in [5.74, 6) is 0.912. The molecule has 2 aromatic heterocycles. The van der Waals surface area contributed by atoms with E-state index in [2.05, 4.69) is 120 Å². The van der Waals surface area contributed by atoms with Crippen molar-refractivity contribution in [1.82, 2.24) is 15.3 Å². The predicted molar refractivity (Wildman–Crippen MR) is 166 cm³/mol. The summed E-state index contributed by atoms with van der Waals surface area (Å²) in [6.07, 6.45) is 5.99. The number of amidine groups is 1. The lowest BCUT2D eigenvalue weighted by molar-refractivity contribution is 0.566. The summed E-state index contributed by atoms with van der Waals surface area (Å²) in [6.45, 7) is 0. The van der Waals surface area contributed by atoms with Crippen LogP contribution < -0.4 is 5.32 Å². The number of fused-ring (bicyclic) bond motifs is 8. The first-order valence-electron chi connectivity index (χ1n) is 12.8. The number of aromatic nitrogens is 2. The summed E-state index contributed by atoms with van der Waals surface area (Å²) >= 11 is 7.21. The molecule has 6 aromatic rings. The molecule has 3 heterocycles. The number of nitrogens with one attached hydrogen (secondary N) is 3. The highest BCUT2D eigenvalue weighted by atomic mass is 79.9. The van der Waals surface area contributed by atoms with Crippen molar-refractivity contribution in [3.8, 4) is 11.1 Å². The van der Waals surface area contributed by atoms with Gasteiger partial charge in [-0.2, -0.15) is 0 Å². The Labute approximate surface area is 241 Å². The Morgan fingerprint density at radius 1 is 0.718 bits per heavy atom. The fourth-order valence-corrected chi connectivity index (χ4v) is 6.63. The summed E-state index contributed by atoms with van der Waals surface area (Å²) in [7, 11) is 0. The standard InChI is InChI=1S/C32H21Br2N5/c33-18-5-9-28-24(11-18)17(15-36-28)14-35-20-7-8-22-21-3-1-2-4-23(21)30-31(26(22)13-20)39-32(38-30)27-16-37-29-10-6-19(34)12-25(27)29/h1-16,30-31,36-37H,(H,38,39). The van der Waals surface area contributed by atoms with Crippen LogP contribution in [0.2, 0.25) is 0 Å². The van der Waals surface area contributed by atoms with E-state index in [0.717, 1.165) is 53.4 Å². The van der Waals surface area contributed by atoms with Gasteiger partial charge in [0.1, 0.15) is 11.9 Å². The molecule has 8 rings (SSSR count). The number of nitrogens with zero attached hydrogens (tertiary/aromatic N) is 2. The lowest BCUT2D eigenvalue weighted by Crippen LogP contribution is -2.27. The molecule has 7 heteroatoms. The zero-order valence-electron chi connectivity index (χ0n) is 20.5. The molecule has 5 nitrogen and oxygen atoms in total. The van der Waals surface area contributed by atoms with Crippen molar-refractivity contribution < 1.29 is 0 Å². The van der Waals surface area contributed by atoms with Crippen LogP contribution in [-0.4, -0.2) is 22.0 Å². The number of hydrogen-bond donors (Lipinski definition) is 3. The molecule has 1 aliphatic heterocycles. The number of H-pyrrole nitrogens is 2. The minimum absolute atomic E-state index is 0.0406. The molecule has 0 saturated carbocycles. The third-order valence-corrected chi connectivity index (χ3v) is 8.73. The Bertz CT molecular complexity index is 2000. The quantitative estimate of drug-likeness (QED) is 0.167. The first-order chi connectivity index (χ1) is 19.1. The number of hydrogen-bond acceptors (Lipinski definition) is 3. The van der Waals surface area contributed by atoms with Gasteiger partial charge in [0.05, 0.1) is 11.7 Å². The summed E-state index contributed by atoms with van der Waals surface area (Å²) in [6, 6.07) is 27.7. The van der Waals surface area contributed by atoms with Crippen molar-refractivity contribution in [3.05, 3.63) is 122 Å². The Kier molecular flexibility index (Phi) is 5.18. The van der Waals surface area contributed by atoms with Crippen LogP contribution in [0.15, 0.2) is 110 Å². The number of aliphatic imine (C=N–C) groups is 2. The van der Waals surface area contributed by atoms with E-state index in [9.17, 15) is 0 Å². The molecule has 2 atom stereocenters. The van der Waals surface area contributed by atoms with Gasteiger partial charge in [-0.1, -0.05) is 62.2 Å². The Hall–Kier alpha value is -3.94. The van der Waals surface area contributed by atoms with Gasteiger partial charge in [0.25, 0.3) is 0 Å². The molecule has 2 unspecified atom stereocenters. The molecule has 0 amide bonds. The molecule has 0 bridgehead atoms.